The summed E-state index contributed by atoms with van der Waals surface area (Å²) < 4.78 is 0.557. The first-order valence-electron chi connectivity index (χ1n) is 6.00. The Kier molecular flexibility index (Phi) is 4.49. The van der Waals surface area contributed by atoms with Gasteiger partial charge in [0.05, 0.1) is 10.0 Å². The Balaban J connectivity index is 2.13. The van der Waals surface area contributed by atoms with E-state index in [0.29, 0.717) is 34.8 Å². The molecule has 0 saturated carbocycles. The van der Waals surface area contributed by atoms with E-state index in [4.69, 9.17) is 16.7 Å². The van der Waals surface area contributed by atoms with E-state index in [1.54, 1.807) is 11.0 Å². The number of amides is 2. The van der Waals surface area contributed by atoms with Gasteiger partial charge in [0, 0.05) is 31.9 Å². The monoisotopic (exact) mass is 361 g/mol. The Morgan fingerprint density at radius 3 is 2.75 bits per heavy atom. The lowest BCUT2D eigenvalue weighted by Crippen LogP contribution is -2.55. The topological polar surface area (TPSA) is 73.7 Å². The zero-order chi connectivity index (χ0) is 14.9. The Morgan fingerprint density at radius 1 is 1.50 bits per heavy atom. The second-order valence-electron chi connectivity index (χ2n) is 4.57. The van der Waals surface area contributed by atoms with Gasteiger partial charge in [-0.15, -0.1) is 0 Å². The lowest BCUT2D eigenvalue weighted by Gasteiger charge is -2.38. The van der Waals surface area contributed by atoms with Crippen molar-refractivity contribution in [3.8, 4) is 0 Å². The quantitative estimate of drug-likeness (QED) is 0.778. The summed E-state index contributed by atoms with van der Waals surface area (Å²) in [6.07, 6.45) is 0.464. The summed E-state index contributed by atoms with van der Waals surface area (Å²) in [5.74, 6) is -0.174. The highest BCUT2D eigenvalue weighted by Gasteiger charge is 2.30. The third-order valence-electron chi connectivity index (χ3n) is 3.20. The van der Waals surface area contributed by atoms with Gasteiger partial charge in [-0.05, 0) is 28.9 Å². The molecule has 6 nitrogen and oxygen atoms in total. The minimum atomic E-state index is -0.958. The average molecular weight is 363 g/mol. The van der Waals surface area contributed by atoms with Crippen LogP contribution in [-0.4, -0.2) is 57.6 Å². The van der Waals surface area contributed by atoms with Gasteiger partial charge in [-0.3, -0.25) is 4.79 Å². The fourth-order valence-electron chi connectivity index (χ4n) is 2.14. The van der Waals surface area contributed by atoms with Gasteiger partial charge in [-0.2, -0.15) is 0 Å². The highest BCUT2D eigenvalue weighted by atomic mass is 79.9. The molecule has 0 unspecified atom stereocenters. The van der Waals surface area contributed by atoms with Crippen LogP contribution in [0.3, 0.4) is 0 Å². The van der Waals surface area contributed by atoms with Gasteiger partial charge in [0.1, 0.15) is 5.15 Å². The molecule has 1 aliphatic heterocycles. The number of pyridine rings is 1. The predicted octanol–water partition coefficient (Wildman–Crippen LogP) is 2.32. The van der Waals surface area contributed by atoms with Crippen molar-refractivity contribution in [1.29, 1.82) is 0 Å². The van der Waals surface area contributed by atoms with Crippen LogP contribution in [0.2, 0.25) is 5.15 Å². The van der Waals surface area contributed by atoms with Crippen molar-refractivity contribution in [3.05, 3.63) is 27.5 Å². The maximum atomic E-state index is 12.4. The van der Waals surface area contributed by atoms with Crippen molar-refractivity contribution in [2.75, 3.05) is 19.6 Å². The Morgan fingerprint density at radius 2 is 2.20 bits per heavy atom. The molecule has 0 radical (unpaired) electrons. The first-order valence-corrected chi connectivity index (χ1v) is 7.17. The molecule has 108 valence electrons. The van der Waals surface area contributed by atoms with Crippen LogP contribution in [0.1, 0.15) is 17.3 Å². The maximum Gasteiger partial charge on any atom is 0.407 e. The third-order valence-corrected chi connectivity index (χ3v) is 4.34. The molecule has 2 heterocycles. The summed E-state index contributed by atoms with van der Waals surface area (Å²) in [6, 6.07) is 1.44. The maximum absolute atomic E-state index is 12.4. The predicted molar refractivity (Wildman–Crippen MR) is 77.0 cm³/mol. The van der Waals surface area contributed by atoms with Crippen LogP contribution in [-0.2, 0) is 0 Å². The van der Waals surface area contributed by atoms with E-state index >= 15 is 0 Å². The van der Waals surface area contributed by atoms with E-state index in [-0.39, 0.29) is 11.9 Å². The molecule has 1 atom stereocenters. The standard InChI is InChI=1S/C12H13BrClN3O3/c1-7-6-16(12(19)20)2-3-17(7)11(18)8-4-9(13)10(14)15-5-8/h4-5,7H,2-3,6H2,1H3,(H,19,20)/t7-/m0/s1. The number of piperazine rings is 1. The molecule has 1 fully saturated rings. The zero-order valence-electron chi connectivity index (χ0n) is 10.7. The average Bonchev–Trinajstić information content (AvgIpc) is 2.41. The first kappa shape index (κ1) is 15.1. The highest BCUT2D eigenvalue weighted by molar-refractivity contribution is 9.10. The Bertz CT molecular complexity index is 555. The fraction of sp³-hybridized carbons (Fsp3) is 0.417. The van der Waals surface area contributed by atoms with Gasteiger partial charge < -0.3 is 14.9 Å². The molecule has 2 rings (SSSR count). The highest BCUT2D eigenvalue weighted by Crippen LogP contribution is 2.22. The van der Waals surface area contributed by atoms with Gasteiger partial charge in [0.25, 0.3) is 5.91 Å². The molecule has 1 aliphatic rings. The second-order valence-corrected chi connectivity index (χ2v) is 5.79. The second kappa shape index (κ2) is 5.97. The first-order chi connectivity index (χ1) is 9.40. The zero-order valence-corrected chi connectivity index (χ0v) is 13.1. The molecule has 20 heavy (non-hydrogen) atoms. The van der Waals surface area contributed by atoms with Crippen LogP contribution >= 0.6 is 27.5 Å². The van der Waals surface area contributed by atoms with Gasteiger partial charge in [-0.1, -0.05) is 11.6 Å². The molecular formula is C12H13BrClN3O3. The molecule has 1 saturated heterocycles. The largest absolute Gasteiger partial charge is 0.465 e. The number of carbonyl (C=O) groups is 2. The van der Waals surface area contributed by atoms with Gasteiger partial charge >= 0.3 is 6.09 Å². The summed E-state index contributed by atoms with van der Waals surface area (Å²) in [6.45, 7) is 2.81. The van der Waals surface area contributed by atoms with E-state index in [2.05, 4.69) is 20.9 Å². The summed E-state index contributed by atoms with van der Waals surface area (Å²) in [5, 5.41) is 9.25. The van der Waals surface area contributed by atoms with Crippen LogP contribution < -0.4 is 0 Å². The number of rotatable bonds is 1. The van der Waals surface area contributed by atoms with Crippen LogP contribution in [0.25, 0.3) is 0 Å². The smallest absolute Gasteiger partial charge is 0.407 e. The SMILES string of the molecule is C[C@H]1CN(C(=O)O)CCN1C(=O)c1cnc(Cl)c(Br)c1. The summed E-state index contributed by atoms with van der Waals surface area (Å²) >= 11 is 9.03. The summed E-state index contributed by atoms with van der Waals surface area (Å²) in [5.41, 5.74) is 0.428. The molecule has 8 heteroatoms. The Hall–Kier alpha value is -1.34. The van der Waals surface area contributed by atoms with Crippen LogP contribution in [0.15, 0.2) is 16.7 Å². The molecule has 1 N–H and O–H groups in total. The van der Waals surface area contributed by atoms with E-state index in [0.717, 1.165) is 0 Å². The molecule has 1 aromatic heterocycles. The number of aromatic nitrogens is 1. The molecule has 0 aromatic carbocycles. The minimum Gasteiger partial charge on any atom is -0.465 e. The number of hydrogen-bond acceptors (Lipinski definition) is 3. The number of hydrogen-bond donors (Lipinski definition) is 1. The van der Waals surface area contributed by atoms with E-state index in [1.165, 1.54) is 11.1 Å². The van der Waals surface area contributed by atoms with Crippen molar-refractivity contribution < 1.29 is 14.7 Å². The van der Waals surface area contributed by atoms with Crippen molar-refractivity contribution in [2.45, 2.75) is 13.0 Å². The number of halogens is 2. The molecule has 2 amide bonds. The van der Waals surface area contributed by atoms with Crippen LogP contribution in [0.4, 0.5) is 4.79 Å². The van der Waals surface area contributed by atoms with Crippen molar-refractivity contribution in [2.24, 2.45) is 0 Å². The lowest BCUT2D eigenvalue weighted by molar-refractivity contribution is 0.0483. The third kappa shape index (κ3) is 3.04. The molecule has 0 aliphatic carbocycles. The Labute approximate surface area is 129 Å². The van der Waals surface area contributed by atoms with Crippen molar-refractivity contribution >= 4 is 39.5 Å². The van der Waals surface area contributed by atoms with Gasteiger partial charge in [0.2, 0.25) is 0 Å². The number of carbonyl (C=O) groups excluding carboxylic acids is 1. The van der Waals surface area contributed by atoms with E-state index < -0.39 is 6.09 Å². The van der Waals surface area contributed by atoms with Crippen LogP contribution in [0.5, 0.6) is 0 Å². The normalized spacial score (nSPS) is 19.1. The molecular weight excluding hydrogens is 350 g/mol. The summed E-state index contributed by atoms with van der Waals surface area (Å²) in [4.78, 5) is 30.2. The van der Waals surface area contributed by atoms with Crippen molar-refractivity contribution in [3.63, 3.8) is 0 Å². The molecule has 0 bridgehead atoms. The van der Waals surface area contributed by atoms with Gasteiger partial charge in [0.15, 0.2) is 0 Å². The molecule has 0 spiro atoms. The number of nitrogens with zero attached hydrogens (tertiary/aromatic N) is 3. The van der Waals surface area contributed by atoms with Gasteiger partial charge in [-0.25, -0.2) is 9.78 Å². The van der Waals surface area contributed by atoms with E-state index in [1.807, 2.05) is 6.92 Å². The van der Waals surface area contributed by atoms with Crippen molar-refractivity contribution in [1.82, 2.24) is 14.8 Å². The minimum absolute atomic E-state index is 0.174. The van der Waals surface area contributed by atoms with Crippen LogP contribution in [0, 0.1) is 0 Å². The fourth-order valence-corrected chi connectivity index (χ4v) is 2.59. The summed E-state index contributed by atoms with van der Waals surface area (Å²) in [7, 11) is 0. The number of carboxylic acid groups (broad SMARTS) is 1. The lowest BCUT2D eigenvalue weighted by atomic mass is 10.1. The van der Waals surface area contributed by atoms with E-state index in [9.17, 15) is 9.59 Å². The molecule has 1 aromatic rings.